The quantitative estimate of drug-likeness (QED) is 0.180. The lowest BCUT2D eigenvalue weighted by molar-refractivity contribution is -0.0243. The molecule has 11 heteroatoms. The normalized spacial score (nSPS) is 23.8. The van der Waals surface area contributed by atoms with Gasteiger partial charge in [0.1, 0.15) is 11.6 Å². The van der Waals surface area contributed by atoms with Crippen molar-refractivity contribution >= 4 is 34.0 Å². The van der Waals surface area contributed by atoms with E-state index in [4.69, 9.17) is 15.7 Å². The van der Waals surface area contributed by atoms with Crippen molar-refractivity contribution in [1.82, 2.24) is 29.7 Å². The molecule has 2 aromatic carbocycles. The summed E-state index contributed by atoms with van der Waals surface area (Å²) in [6.07, 6.45) is 10.9. The summed E-state index contributed by atoms with van der Waals surface area (Å²) in [7, 11) is 1.83. The number of allylic oxidation sites excluding steroid dienone is 3. The lowest BCUT2D eigenvalue weighted by atomic mass is 9.86. The van der Waals surface area contributed by atoms with Gasteiger partial charge in [0.2, 0.25) is 5.95 Å². The highest BCUT2D eigenvalue weighted by Crippen LogP contribution is 2.37. The second-order valence-electron chi connectivity index (χ2n) is 16.7. The Balaban J connectivity index is 0.954. The first-order chi connectivity index (χ1) is 28.1. The van der Waals surface area contributed by atoms with Crippen LogP contribution in [0.5, 0.6) is 0 Å². The first kappa shape index (κ1) is 39.7. The minimum absolute atomic E-state index is 0.116. The number of anilines is 1. The molecule has 0 saturated carbocycles. The number of rotatable bonds is 6. The van der Waals surface area contributed by atoms with E-state index in [2.05, 4.69) is 67.9 Å². The van der Waals surface area contributed by atoms with Crippen molar-refractivity contribution in [2.24, 2.45) is 10.7 Å². The average Bonchev–Trinajstić information content (AvgIpc) is 3.53. The molecule has 4 saturated heterocycles. The molecule has 9 rings (SSSR count). The highest BCUT2D eigenvalue weighted by molar-refractivity contribution is 6.23. The number of halogens is 2. The van der Waals surface area contributed by atoms with Gasteiger partial charge in [0.25, 0.3) is 0 Å². The van der Waals surface area contributed by atoms with Crippen LogP contribution >= 0.6 is 0 Å². The summed E-state index contributed by atoms with van der Waals surface area (Å²) in [6.45, 7) is 18.8. The first-order valence-electron chi connectivity index (χ1n) is 21.0. The van der Waals surface area contributed by atoms with Gasteiger partial charge in [-0.3, -0.25) is 19.8 Å². The highest BCUT2D eigenvalue weighted by atomic mass is 19.1. The fraction of sp³-hybridized carbons (Fsp3) is 0.426. The van der Waals surface area contributed by atoms with Crippen LogP contribution in [0, 0.1) is 18.6 Å². The lowest BCUT2D eigenvalue weighted by Gasteiger charge is -2.51. The van der Waals surface area contributed by atoms with Gasteiger partial charge in [-0.15, -0.1) is 0 Å². The highest BCUT2D eigenvalue weighted by Gasteiger charge is 2.38. The molecule has 4 fully saturated rings. The fourth-order valence-corrected chi connectivity index (χ4v) is 9.67. The number of nitrogens with one attached hydrogen (secondary N) is 2. The molecule has 0 radical (unpaired) electrons. The summed E-state index contributed by atoms with van der Waals surface area (Å²) in [5, 5.41) is 6.67. The molecule has 0 amide bonds. The van der Waals surface area contributed by atoms with E-state index in [1.54, 1.807) is 6.20 Å². The summed E-state index contributed by atoms with van der Waals surface area (Å²) in [5.41, 5.74) is 17.0. The Kier molecular flexibility index (Phi) is 11.6. The topological polar surface area (TPSA) is 99.6 Å². The molecule has 4 N–H and O–H groups in total. The van der Waals surface area contributed by atoms with E-state index < -0.39 is 11.6 Å². The Bertz CT molecular complexity index is 2280. The number of hydrogen-bond donors (Lipinski definition) is 3. The zero-order chi connectivity index (χ0) is 40.5. The second kappa shape index (κ2) is 17.0. The van der Waals surface area contributed by atoms with Crippen LogP contribution in [0.1, 0.15) is 97.3 Å². The number of imidazole rings is 1. The number of benzene rings is 2. The zero-order valence-electron chi connectivity index (χ0n) is 34.1. The van der Waals surface area contributed by atoms with E-state index in [0.29, 0.717) is 42.6 Å². The summed E-state index contributed by atoms with van der Waals surface area (Å²) in [5.74, 6) is -0.559. The van der Waals surface area contributed by atoms with Crippen molar-refractivity contribution in [3.05, 3.63) is 125 Å². The van der Waals surface area contributed by atoms with Crippen LogP contribution in [0.4, 0.5) is 14.7 Å². The molecule has 304 valence electrons. The number of piperidine rings is 3. The van der Waals surface area contributed by atoms with E-state index >= 15 is 8.78 Å². The molecule has 58 heavy (non-hydrogen) atoms. The number of nitrogens with zero attached hydrogens (tertiary/aromatic N) is 6. The first-order valence-corrected chi connectivity index (χ1v) is 21.0. The predicted molar refractivity (Wildman–Crippen MR) is 232 cm³/mol. The molecule has 2 aromatic heterocycles. The monoisotopic (exact) mass is 785 g/mol. The summed E-state index contributed by atoms with van der Waals surface area (Å²) in [4.78, 5) is 19.7. The van der Waals surface area contributed by atoms with Gasteiger partial charge < -0.3 is 20.9 Å². The molecule has 3 atom stereocenters. The molecule has 5 aliphatic heterocycles. The number of aromatic nitrogens is 3. The van der Waals surface area contributed by atoms with Crippen molar-refractivity contribution in [3.8, 4) is 0 Å². The lowest BCUT2D eigenvalue weighted by Crippen LogP contribution is -2.62. The molecule has 7 heterocycles. The molecule has 9 nitrogen and oxygen atoms in total. The van der Waals surface area contributed by atoms with Crippen molar-refractivity contribution in [2.75, 3.05) is 32.0 Å². The van der Waals surface area contributed by atoms with Gasteiger partial charge in [0, 0.05) is 109 Å². The van der Waals surface area contributed by atoms with E-state index in [1.165, 1.54) is 17.7 Å². The molecular weight excluding hydrogens is 729 g/mol. The third kappa shape index (κ3) is 8.25. The summed E-state index contributed by atoms with van der Waals surface area (Å²) in [6, 6.07) is 14.7. The standard InChI is InChI=1S/C47H57F2N9/c1-29-11-15-38(32(4)52-29)46-40(48)21-33(22-41(46)49)17-19-56-27-37-14-13-36(56)28-57(37)26-34-12-16-43-45(23-34)58-18-9-7-6-8-10-42(51-5)39(25-50)44-24-35(20-30(2)53-44)31(3)54-47(58)55-43/h12,16,20-25,36-38,52H,1,3-4,6-11,13-15,17-19,26-28,50H2,2,5H3,(H,54,55)/t36?,37?,38-/m0/s1. The van der Waals surface area contributed by atoms with Gasteiger partial charge in [0.05, 0.1) is 16.7 Å². The van der Waals surface area contributed by atoms with Crippen LogP contribution in [0.25, 0.3) is 22.3 Å². The molecule has 4 aromatic rings. The van der Waals surface area contributed by atoms with Gasteiger partial charge in [0.15, 0.2) is 0 Å². The summed E-state index contributed by atoms with van der Waals surface area (Å²) < 4.78 is 33.1. The molecule has 4 bridgehead atoms. The van der Waals surface area contributed by atoms with E-state index in [-0.39, 0.29) is 11.5 Å². The Morgan fingerprint density at radius 1 is 0.879 bits per heavy atom. The fourth-order valence-electron chi connectivity index (χ4n) is 9.67. The van der Waals surface area contributed by atoms with Gasteiger partial charge in [-0.05, 0) is 106 Å². The molecule has 0 aliphatic carbocycles. The van der Waals surface area contributed by atoms with E-state index in [0.717, 1.165) is 134 Å². The smallest absolute Gasteiger partial charge is 0.208 e. The van der Waals surface area contributed by atoms with Crippen LogP contribution in [-0.4, -0.2) is 68.8 Å². The maximum atomic E-state index is 15.4. The number of pyridine rings is 1. The van der Waals surface area contributed by atoms with Gasteiger partial charge in [-0.1, -0.05) is 38.6 Å². The maximum absolute atomic E-state index is 15.4. The third-order valence-electron chi connectivity index (χ3n) is 12.8. The van der Waals surface area contributed by atoms with Crippen LogP contribution in [-0.2, 0) is 19.5 Å². The van der Waals surface area contributed by atoms with E-state index in [1.807, 2.05) is 26.1 Å². The average molecular weight is 786 g/mol. The Hall–Kier alpha value is -5.13. The van der Waals surface area contributed by atoms with Crippen molar-refractivity contribution in [3.63, 3.8) is 0 Å². The number of piperazine rings is 1. The van der Waals surface area contributed by atoms with Gasteiger partial charge in [-0.2, -0.15) is 0 Å². The Morgan fingerprint density at radius 2 is 1.64 bits per heavy atom. The summed E-state index contributed by atoms with van der Waals surface area (Å²) >= 11 is 0. The SMILES string of the molecule is C=C1CC[C@H](c2c(F)cc(CCN3CC4CCC3CN4Cc3ccc4nc5n(c4c3)CCCCCCC(=NC)C(=CN)c3cc(cc(C)n3)C(=C)N5)cc2F)C(=C)N1. The largest absolute Gasteiger partial charge is 0.404 e. The number of aryl methyl sites for hydroxylation is 2. The number of fused-ring (bicyclic) bond motifs is 8. The molecule has 2 unspecified atom stereocenters. The Labute approximate surface area is 341 Å². The van der Waals surface area contributed by atoms with Crippen LogP contribution in [0.15, 0.2) is 84.8 Å². The van der Waals surface area contributed by atoms with Crippen LogP contribution in [0.2, 0.25) is 0 Å². The van der Waals surface area contributed by atoms with Crippen molar-refractivity contribution in [2.45, 2.75) is 102 Å². The molecular formula is C47H57F2N9. The molecule has 0 spiro atoms. The maximum Gasteiger partial charge on any atom is 0.208 e. The number of nitrogens with two attached hydrogens (primary N) is 1. The van der Waals surface area contributed by atoms with Crippen LogP contribution in [0.3, 0.4) is 0 Å². The number of hydrogen-bond acceptors (Lipinski definition) is 8. The second-order valence-corrected chi connectivity index (χ2v) is 16.7. The zero-order valence-corrected chi connectivity index (χ0v) is 34.1. The van der Waals surface area contributed by atoms with E-state index in [9.17, 15) is 0 Å². The Morgan fingerprint density at radius 3 is 2.36 bits per heavy atom. The van der Waals surface area contributed by atoms with Crippen LogP contribution < -0.4 is 16.4 Å². The molecule has 5 aliphatic rings. The third-order valence-corrected chi connectivity index (χ3v) is 12.8. The van der Waals surface area contributed by atoms with Crippen molar-refractivity contribution < 1.29 is 8.78 Å². The minimum atomic E-state index is -0.481. The minimum Gasteiger partial charge on any atom is -0.404 e. The number of aliphatic imine (C=N–C) groups is 1. The predicted octanol–water partition coefficient (Wildman–Crippen LogP) is 8.82. The van der Waals surface area contributed by atoms with Gasteiger partial charge in [-0.25, -0.2) is 13.8 Å². The van der Waals surface area contributed by atoms with Crippen molar-refractivity contribution in [1.29, 1.82) is 0 Å². The van der Waals surface area contributed by atoms with Gasteiger partial charge >= 0.3 is 0 Å².